The molecule has 0 rings (SSSR count). The third kappa shape index (κ3) is 15.9. The molecule has 0 heterocycles. The van der Waals surface area contributed by atoms with E-state index in [-0.39, 0.29) is 12.1 Å². The molecule has 25 heavy (non-hydrogen) atoms. The van der Waals surface area contributed by atoms with Crippen LogP contribution in [-0.4, -0.2) is 25.3 Å². The van der Waals surface area contributed by atoms with Crippen molar-refractivity contribution in [2.75, 3.05) is 13.2 Å². The number of ether oxygens (including phenoxy) is 2. The van der Waals surface area contributed by atoms with Gasteiger partial charge in [0, 0.05) is 6.61 Å². The van der Waals surface area contributed by atoms with Gasteiger partial charge in [0.1, 0.15) is 0 Å². The van der Waals surface area contributed by atoms with Gasteiger partial charge in [0.05, 0.1) is 6.61 Å². The van der Waals surface area contributed by atoms with Crippen molar-refractivity contribution in [3.63, 3.8) is 0 Å². The van der Waals surface area contributed by atoms with E-state index in [9.17, 15) is 4.79 Å². The first-order chi connectivity index (χ1) is 12.3. The third-order valence-corrected chi connectivity index (χ3v) is 3.78. The van der Waals surface area contributed by atoms with Crippen molar-refractivity contribution in [3.05, 3.63) is 36.5 Å². The minimum absolute atomic E-state index is 0.217. The van der Waals surface area contributed by atoms with E-state index in [0.29, 0.717) is 13.2 Å². The van der Waals surface area contributed by atoms with E-state index in [2.05, 4.69) is 43.4 Å². The highest BCUT2D eigenvalue weighted by Crippen LogP contribution is 2.11. The van der Waals surface area contributed by atoms with Crippen LogP contribution in [0.5, 0.6) is 0 Å². The normalized spacial score (nSPS) is 13.2. The average molecular weight is 351 g/mol. The van der Waals surface area contributed by atoms with Crippen LogP contribution < -0.4 is 0 Å². The fourth-order valence-electron chi connectivity index (χ4n) is 2.48. The van der Waals surface area contributed by atoms with Crippen LogP contribution in [0.2, 0.25) is 0 Å². The maximum atomic E-state index is 11.7. The molecule has 0 bridgehead atoms. The fourth-order valence-corrected chi connectivity index (χ4v) is 2.48. The molecule has 0 fully saturated rings. The van der Waals surface area contributed by atoms with Gasteiger partial charge in [-0.1, -0.05) is 62.6 Å². The molecule has 0 aromatic heterocycles. The van der Waals surface area contributed by atoms with Crippen molar-refractivity contribution in [1.29, 1.82) is 0 Å². The molecule has 0 aromatic carbocycles. The average Bonchev–Trinajstić information content (AvgIpc) is 2.61. The maximum Gasteiger partial charge on any atom is 0.335 e. The highest BCUT2D eigenvalue weighted by Gasteiger charge is 2.18. The molecule has 3 nitrogen and oxygen atoms in total. The zero-order chi connectivity index (χ0) is 18.6. The standard InChI is InChI=1S/C22H38O3/c1-4-7-8-9-10-11-12-13-14-15-16-17-18-19-20-21(24-5-2)22(23)25-6-3/h7-8,10-11,13-14,21H,4-6,9,12,15-20H2,1-3H3. The zero-order valence-corrected chi connectivity index (χ0v) is 16.5. The molecule has 0 amide bonds. The summed E-state index contributed by atoms with van der Waals surface area (Å²) >= 11 is 0. The SMILES string of the molecule is CCC=CCC=CCC=CCCCCCCC(OCC)C(=O)OCC. The second-order valence-corrected chi connectivity index (χ2v) is 5.98. The summed E-state index contributed by atoms with van der Waals surface area (Å²) in [5, 5.41) is 0. The van der Waals surface area contributed by atoms with Crippen LogP contribution in [0.1, 0.15) is 78.6 Å². The molecule has 3 heteroatoms. The van der Waals surface area contributed by atoms with Gasteiger partial charge in [0.2, 0.25) is 0 Å². The zero-order valence-electron chi connectivity index (χ0n) is 16.5. The molecular formula is C22H38O3. The van der Waals surface area contributed by atoms with Gasteiger partial charge in [0.15, 0.2) is 6.10 Å². The quantitative estimate of drug-likeness (QED) is 0.190. The number of unbranched alkanes of at least 4 members (excludes halogenated alkanes) is 4. The lowest BCUT2D eigenvalue weighted by Gasteiger charge is -2.15. The van der Waals surface area contributed by atoms with E-state index < -0.39 is 0 Å². The highest BCUT2D eigenvalue weighted by atomic mass is 16.6. The molecule has 0 N–H and O–H groups in total. The minimum atomic E-state index is -0.385. The van der Waals surface area contributed by atoms with Crippen molar-refractivity contribution >= 4 is 5.97 Å². The number of hydrogen-bond acceptors (Lipinski definition) is 3. The minimum Gasteiger partial charge on any atom is -0.464 e. The van der Waals surface area contributed by atoms with E-state index in [1.165, 1.54) is 12.8 Å². The van der Waals surface area contributed by atoms with Crippen LogP contribution in [0.3, 0.4) is 0 Å². The lowest BCUT2D eigenvalue weighted by molar-refractivity contribution is -0.156. The molecule has 0 aliphatic heterocycles. The summed E-state index contributed by atoms with van der Waals surface area (Å²) in [6.07, 6.45) is 22.6. The number of carbonyl (C=O) groups excluding carboxylic acids is 1. The molecule has 0 aliphatic rings. The van der Waals surface area contributed by atoms with E-state index in [1.807, 2.05) is 13.8 Å². The van der Waals surface area contributed by atoms with Crippen molar-refractivity contribution in [1.82, 2.24) is 0 Å². The summed E-state index contributed by atoms with van der Waals surface area (Å²) < 4.78 is 10.5. The van der Waals surface area contributed by atoms with E-state index >= 15 is 0 Å². The Balaban J connectivity index is 3.60. The van der Waals surface area contributed by atoms with E-state index in [1.54, 1.807) is 0 Å². The van der Waals surface area contributed by atoms with Gasteiger partial charge in [-0.25, -0.2) is 4.79 Å². The van der Waals surface area contributed by atoms with Crippen molar-refractivity contribution in [3.8, 4) is 0 Å². The first-order valence-corrected chi connectivity index (χ1v) is 9.99. The van der Waals surface area contributed by atoms with Crippen LogP contribution in [0.25, 0.3) is 0 Å². The summed E-state index contributed by atoms with van der Waals surface area (Å²) in [6.45, 7) is 6.86. The lowest BCUT2D eigenvalue weighted by Crippen LogP contribution is -2.26. The van der Waals surface area contributed by atoms with Gasteiger partial charge in [-0.3, -0.25) is 0 Å². The summed E-state index contributed by atoms with van der Waals surface area (Å²) in [4.78, 5) is 11.7. The number of hydrogen-bond donors (Lipinski definition) is 0. The molecule has 0 spiro atoms. The van der Waals surface area contributed by atoms with E-state index in [4.69, 9.17) is 9.47 Å². The number of rotatable bonds is 16. The molecule has 0 saturated carbocycles. The monoisotopic (exact) mass is 350 g/mol. The summed E-state index contributed by atoms with van der Waals surface area (Å²) in [6, 6.07) is 0. The van der Waals surface area contributed by atoms with Gasteiger partial charge in [-0.05, 0) is 52.4 Å². The van der Waals surface area contributed by atoms with Crippen LogP contribution in [-0.2, 0) is 14.3 Å². The number of allylic oxidation sites excluding steroid dienone is 6. The smallest absolute Gasteiger partial charge is 0.335 e. The number of carbonyl (C=O) groups is 1. The predicted octanol–water partition coefficient (Wildman–Crippen LogP) is 6.15. The molecule has 144 valence electrons. The van der Waals surface area contributed by atoms with Crippen LogP contribution in [0.4, 0.5) is 0 Å². The van der Waals surface area contributed by atoms with Crippen molar-refractivity contribution < 1.29 is 14.3 Å². The van der Waals surface area contributed by atoms with Gasteiger partial charge in [0.25, 0.3) is 0 Å². The molecule has 1 unspecified atom stereocenters. The van der Waals surface area contributed by atoms with Gasteiger partial charge >= 0.3 is 5.97 Å². The third-order valence-electron chi connectivity index (χ3n) is 3.78. The summed E-state index contributed by atoms with van der Waals surface area (Å²) in [5.41, 5.74) is 0. The fraction of sp³-hybridized carbons (Fsp3) is 0.682. The Morgan fingerprint density at radius 1 is 0.800 bits per heavy atom. The Morgan fingerprint density at radius 2 is 1.44 bits per heavy atom. The Labute approximate surface area is 155 Å². The summed E-state index contributed by atoms with van der Waals surface area (Å²) in [5.74, 6) is -0.217. The number of esters is 1. The topological polar surface area (TPSA) is 35.5 Å². The van der Waals surface area contributed by atoms with Gasteiger partial charge in [-0.15, -0.1) is 0 Å². The van der Waals surface area contributed by atoms with Crippen molar-refractivity contribution in [2.24, 2.45) is 0 Å². The predicted molar refractivity (Wildman–Crippen MR) is 107 cm³/mol. The molecule has 0 aliphatic carbocycles. The largest absolute Gasteiger partial charge is 0.464 e. The Kier molecular flexibility index (Phi) is 18.0. The Morgan fingerprint density at radius 3 is 2.08 bits per heavy atom. The summed E-state index contributed by atoms with van der Waals surface area (Å²) in [7, 11) is 0. The molecular weight excluding hydrogens is 312 g/mol. The first-order valence-electron chi connectivity index (χ1n) is 9.99. The second-order valence-electron chi connectivity index (χ2n) is 5.98. The van der Waals surface area contributed by atoms with Crippen LogP contribution in [0, 0.1) is 0 Å². The van der Waals surface area contributed by atoms with Crippen LogP contribution in [0.15, 0.2) is 36.5 Å². The second kappa shape index (κ2) is 19.0. The maximum absolute atomic E-state index is 11.7. The Bertz CT molecular complexity index is 383. The van der Waals surface area contributed by atoms with Crippen LogP contribution >= 0.6 is 0 Å². The first kappa shape index (κ1) is 23.6. The van der Waals surface area contributed by atoms with Gasteiger partial charge in [-0.2, -0.15) is 0 Å². The van der Waals surface area contributed by atoms with E-state index in [0.717, 1.165) is 44.9 Å². The molecule has 0 saturated heterocycles. The molecule has 0 radical (unpaired) electrons. The Hall–Kier alpha value is -1.35. The molecule has 0 aromatic rings. The van der Waals surface area contributed by atoms with Gasteiger partial charge < -0.3 is 9.47 Å². The lowest BCUT2D eigenvalue weighted by atomic mass is 10.1. The van der Waals surface area contributed by atoms with Crippen molar-refractivity contribution in [2.45, 2.75) is 84.7 Å². The highest BCUT2D eigenvalue weighted by molar-refractivity contribution is 5.74. The molecule has 1 atom stereocenters.